The van der Waals surface area contributed by atoms with Gasteiger partial charge in [0.1, 0.15) is 0 Å². The van der Waals surface area contributed by atoms with Crippen LogP contribution in [0.25, 0.3) is 0 Å². The summed E-state index contributed by atoms with van der Waals surface area (Å²) in [7, 11) is 2.14. The smallest absolute Gasteiger partial charge is 0.231 e. The molecule has 1 amide bonds. The largest absolute Gasteiger partial charge is 0.369 e. The van der Waals surface area contributed by atoms with E-state index in [1.165, 1.54) is 6.42 Å². The summed E-state index contributed by atoms with van der Waals surface area (Å²) in [5, 5.41) is 3.18. The van der Waals surface area contributed by atoms with E-state index in [1.54, 1.807) is 0 Å². The van der Waals surface area contributed by atoms with Crippen LogP contribution in [-0.2, 0) is 4.79 Å². The van der Waals surface area contributed by atoms with Gasteiger partial charge < -0.3 is 16.0 Å². The monoisotopic (exact) mass is 185 g/mol. The number of rotatable bonds is 3. The lowest BCUT2D eigenvalue weighted by Gasteiger charge is -2.15. The van der Waals surface area contributed by atoms with E-state index in [0.717, 1.165) is 25.9 Å². The number of amides is 1. The molecule has 0 bridgehead atoms. The van der Waals surface area contributed by atoms with Crippen LogP contribution in [0.4, 0.5) is 0 Å². The topological polar surface area (TPSA) is 58.4 Å². The molecule has 1 aliphatic rings. The third kappa shape index (κ3) is 4.24. The molecule has 1 aliphatic heterocycles. The van der Waals surface area contributed by atoms with Crippen molar-refractivity contribution >= 4 is 5.91 Å². The van der Waals surface area contributed by atoms with Gasteiger partial charge in [0.15, 0.2) is 0 Å². The molecule has 4 nitrogen and oxygen atoms in total. The molecule has 1 atom stereocenters. The predicted molar refractivity (Wildman–Crippen MR) is 52.3 cm³/mol. The lowest BCUT2D eigenvalue weighted by atomic mass is 10.1. The first-order chi connectivity index (χ1) is 6.18. The first kappa shape index (κ1) is 10.5. The van der Waals surface area contributed by atoms with Crippen molar-refractivity contribution in [2.75, 3.05) is 26.7 Å². The molecular weight excluding hydrogens is 166 g/mol. The molecule has 0 aromatic heterocycles. The maximum atomic E-state index is 10.5. The van der Waals surface area contributed by atoms with E-state index in [2.05, 4.69) is 17.3 Å². The summed E-state index contributed by atoms with van der Waals surface area (Å²) in [6.07, 6.45) is 3.47. The zero-order valence-electron chi connectivity index (χ0n) is 8.25. The number of hydrogen-bond acceptors (Lipinski definition) is 3. The molecule has 1 unspecified atom stereocenters. The quantitative estimate of drug-likeness (QED) is 0.626. The van der Waals surface area contributed by atoms with Crippen LogP contribution in [0.3, 0.4) is 0 Å². The van der Waals surface area contributed by atoms with Gasteiger partial charge in [0, 0.05) is 6.04 Å². The van der Waals surface area contributed by atoms with Gasteiger partial charge in [-0.05, 0) is 39.4 Å². The Morgan fingerprint density at radius 3 is 3.00 bits per heavy atom. The molecule has 13 heavy (non-hydrogen) atoms. The van der Waals surface area contributed by atoms with Crippen molar-refractivity contribution in [3.63, 3.8) is 0 Å². The average Bonchev–Trinajstić information content (AvgIpc) is 2.27. The van der Waals surface area contributed by atoms with Crippen molar-refractivity contribution in [3.05, 3.63) is 0 Å². The first-order valence-electron chi connectivity index (χ1n) is 4.88. The molecule has 0 saturated carbocycles. The first-order valence-corrected chi connectivity index (χ1v) is 4.88. The standard InChI is InChI=1S/C9H19N3O/c1-12-5-2-3-8(4-6-12)11-7-9(10)13/h8,11H,2-7H2,1H3,(H2,10,13). The molecular formula is C9H19N3O. The second-order valence-corrected chi connectivity index (χ2v) is 3.78. The van der Waals surface area contributed by atoms with E-state index >= 15 is 0 Å². The Bertz CT molecular complexity index is 172. The number of carbonyl (C=O) groups is 1. The van der Waals surface area contributed by atoms with Gasteiger partial charge >= 0.3 is 0 Å². The SMILES string of the molecule is CN1CCCC(NCC(N)=O)CC1. The fourth-order valence-electron chi connectivity index (χ4n) is 1.69. The highest BCUT2D eigenvalue weighted by atomic mass is 16.1. The Balaban J connectivity index is 2.22. The number of hydrogen-bond donors (Lipinski definition) is 2. The molecule has 4 heteroatoms. The van der Waals surface area contributed by atoms with Crippen LogP contribution in [0.5, 0.6) is 0 Å². The highest BCUT2D eigenvalue weighted by Gasteiger charge is 2.14. The number of likely N-dealkylation sites (tertiary alicyclic amines) is 1. The molecule has 1 saturated heterocycles. The number of nitrogens with two attached hydrogens (primary N) is 1. The van der Waals surface area contributed by atoms with E-state index in [4.69, 9.17) is 5.73 Å². The van der Waals surface area contributed by atoms with Gasteiger partial charge in [0.2, 0.25) is 5.91 Å². The van der Waals surface area contributed by atoms with Crippen molar-refractivity contribution < 1.29 is 4.79 Å². The molecule has 0 aromatic carbocycles. The van der Waals surface area contributed by atoms with Gasteiger partial charge in [-0.2, -0.15) is 0 Å². The molecule has 0 aromatic rings. The fraction of sp³-hybridized carbons (Fsp3) is 0.889. The number of nitrogens with one attached hydrogen (secondary N) is 1. The van der Waals surface area contributed by atoms with Gasteiger partial charge in [0.25, 0.3) is 0 Å². The third-order valence-corrected chi connectivity index (χ3v) is 2.52. The Kier molecular flexibility index (Phi) is 4.18. The van der Waals surface area contributed by atoms with Crippen molar-refractivity contribution in [2.24, 2.45) is 5.73 Å². The fourth-order valence-corrected chi connectivity index (χ4v) is 1.69. The van der Waals surface area contributed by atoms with Crippen LogP contribution in [0, 0.1) is 0 Å². The third-order valence-electron chi connectivity index (χ3n) is 2.52. The van der Waals surface area contributed by atoms with Crippen LogP contribution in [0.15, 0.2) is 0 Å². The average molecular weight is 185 g/mol. The minimum Gasteiger partial charge on any atom is -0.369 e. The highest BCUT2D eigenvalue weighted by molar-refractivity contribution is 5.75. The van der Waals surface area contributed by atoms with E-state index in [1.807, 2.05) is 0 Å². The van der Waals surface area contributed by atoms with Gasteiger partial charge in [-0.15, -0.1) is 0 Å². The van der Waals surface area contributed by atoms with E-state index in [0.29, 0.717) is 12.6 Å². The molecule has 0 aliphatic carbocycles. The van der Waals surface area contributed by atoms with Crippen molar-refractivity contribution in [2.45, 2.75) is 25.3 Å². The van der Waals surface area contributed by atoms with Crippen molar-refractivity contribution in [1.29, 1.82) is 0 Å². The molecule has 0 spiro atoms. The van der Waals surface area contributed by atoms with E-state index in [9.17, 15) is 4.79 Å². The summed E-state index contributed by atoms with van der Waals surface area (Å²) < 4.78 is 0. The molecule has 0 radical (unpaired) electrons. The number of primary amides is 1. The minimum atomic E-state index is -0.266. The molecule has 1 rings (SSSR count). The summed E-state index contributed by atoms with van der Waals surface area (Å²) in [6, 6.07) is 0.470. The van der Waals surface area contributed by atoms with Crippen LogP contribution in [-0.4, -0.2) is 43.5 Å². The van der Waals surface area contributed by atoms with Gasteiger partial charge in [-0.1, -0.05) is 0 Å². The maximum absolute atomic E-state index is 10.5. The van der Waals surface area contributed by atoms with Gasteiger partial charge in [0.05, 0.1) is 6.54 Å². The normalized spacial score (nSPS) is 25.5. The van der Waals surface area contributed by atoms with Crippen LogP contribution in [0.1, 0.15) is 19.3 Å². The molecule has 1 fully saturated rings. The van der Waals surface area contributed by atoms with E-state index in [-0.39, 0.29) is 5.91 Å². The Morgan fingerprint density at radius 1 is 1.54 bits per heavy atom. The van der Waals surface area contributed by atoms with Crippen molar-refractivity contribution in [1.82, 2.24) is 10.2 Å². The molecule has 3 N–H and O–H groups in total. The number of nitrogens with zero attached hydrogens (tertiary/aromatic N) is 1. The minimum absolute atomic E-state index is 0.266. The second kappa shape index (κ2) is 5.19. The maximum Gasteiger partial charge on any atom is 0.231 e. The lowest BCUT2D eigenvalue weighted by Crippen LogP contribution is -2.37. The van der Waals surface area contributed by atoms with Crippen LogP contribution in [0.2, 0.25) is 0 Å². The summed E-state index contributed by atoms with van der Waals surface area (Å²) in [5.74, 6) is -0.266. The van der Waals surface area contributed by atoms with Gasteiger partial charge in [-0.25, -0.2) is 0 Å². The summed E-state index contributed by atoms with van der Waals surface area (Å²) in [6.45, 7) is 2.58. The molecule has 1 heterocycles. The highest BCUT2D eigenvalue weighted by Crippen LogP contribution is 2.08. The zero-order chi connectivity index (χ0) is 9.68. The predicted octanol–water partition coefficient (Wildman–Crippen LogP) is -0.454. The van der Waals surface area contributed by atoms with Gasteiger partial charge in [-0.3, -0.25) is 4.79 Å². The summed E-state index contributed by atoms with van der Waals surface area (Å²) in [5.41, 5.74) is 5.06. The second-order valence-electron chi connectivity index (χ2n) is 3.78. The number of carbonyl (C=O) groups excluding carboxylic acids is 1. The van der Waals surface area contributed by atoms with Crippen molar-refractivity contribution in [3.8, 4) is 0 Å². The van der Waals surface area contributed by atoms with E-state index < -0.39 is 0 Å². The Hall–Kier alpha value is -0.610. The lowest BCUT2D eigenvalue weighted by molar-refractivity contribution is -0.117. The van der Waals surface area contributed by atoms with Crippen LogP contribution >= 0.6 is 0 Å². The zero-order valence-corrected chi connectivity index (χ0v) is 8.25. The molecule has 76 valence electrons. The summed E-state index contributed by atoms with van der Waals surface area (Å²) in [4.78, 5) is 12.9. The Morgan fingerprint density at radius 2 is 2.31 bits per heavy atom. The van der Waals surface area contributed by atoms with Crippen LogP contribution < -0.4 is 11.1 Å². The summed E-state index contributed by atoms with van der Waals surface area (Å²) >= 11 is 0. The Labute approximate surface area is 79.5 Å².